The summed E-state index contributed by atoms with van der Waals surface area (Å²) < 4.78 is 65.0. The third-order valence-corrected chi connectivity index (χ3v) is 5.87. The number of aromatic nitrogens is 3. The van der Waals surface area contributed by atoms with E-state index in [0.717, 1.165) is 17.7 Å². The lowest BCUT2D eigenvalue weighted by atomic mass is 10.2. The molecule has 0 amide bonds. The van der Waals surface area contributed by atoms with Crippen molar-refractivity contribution in [2.45, 2.75) is 16.3 Å². The lowest BCUT2D eigenvalue weighted by molar-refractivity contribution is 0.481. The van der Waals surface area contributed by atoms with Crippen molar-refractivity contribution in [3.63, 3.8) is 0 Å². The molecule has 0 spiro atoms. The maximum absolute atomic E-state index is 11.8. The molecule has 0 radical (unpaired) electrons. The first-order valence-corrected chi connectivity index (χ1v) is 12.3. The highest BCUT2D eigenvalue weighted by Gasteiger charge is 2.21. The summed E-state index contributed by atoms with van der Waals surface area (Å²) in [5.74, 6) is 0.180. The van der Waals surface area contributed by atoms with Gasteiger partial charge < -0.3 is 21.7 Å². The van der Waals surface area contributed by atoms with Crippen LogP contribution in [0.2, 0.25) is 0 Å². The Balaban J connectivity index is 1.96. The van der Waals surface area contributed by atoms with Crippen molar-refractivity contribution in [2.75, 3.05) is 29.0 Å². The Bertz CT molecular complexity index is 1340. The van der Waals surface area contributed by atoms with Crippen LogP contribution >= 0.6 is 0 Å². The van der Waals surface area contributed by atoms with E-state index in [1.807, 2.05) is 30.3 Å². The summed E-state index contributed by atoms with van der Waals surface area (Å²) in [7, 11) is -9.58. The molecule has 13 nitrogen and oxygen atoms in total. The van der Waals surface area contributed by atoms with Gasteiger partial charge in [0.25, 0.3) is 20.2 Å². The Labute approximate surface area is 190 Å². The average molecular weight is 496 g/mol. The fraction of sp³-hybridized carbons (Fsp3) is 0.167. The Morgan fingerprint density at radius 1 is 0.818 bits per heavy atom. The molecule has 0 unspecified atom stereocenters. The molecule has 3 aromatic rings. The van der Waals surface area contributed by atoms with E-state index in [4.69, 9.17) is 5.73 Å². The summed E-state index contributed by atoms with van der Waals surface area (Å²) in [6, 6.07) is 12.0. The van der Waals surface area contributed by atoms with Crippen LogP contribution in [0, 0.1) is 0 Å². The van der Waals surface area contributed by atoms with Crippen LogP contribution < -0.4 is 21.7 Å². The SMILES string of the molecule is NCCNc1nc(NCc2ccccc2)nc(Nc2ccc(S(=O)(=O)O)cc2S(=O)(=O)O)n1. The molecule has 0 aliphatic carbocycles. The quantitative estimate of drug-likeness (QED) is 0.218. The summed E-state index contributed by atoms with van der Waals surface area (Å²) in [5.41, 5.74) is 6.23. The summed E-state index contributed by atoms with van der Waals surface area (Å²) in [6.07, 6.45) is 0. The zero-order valence-electron chi connectivity index (χ0n) is 17.0. The van der Waals surface area contributed by atoms with E-state index in [1.165, 1.54) is 0 Å². The Hall–Kier alpha value is -3.37. The topological polar surface area (TPSA) is 210 Å². The van der Waals surface area contributed by atoms with Crippen LogP contribution in [0.5, 0.6) is 0 Å². The second-order valence-corrected chi connectivity index (χ2v) is 9.41. The first-order valence-electron chi connectivity index (χ1n) is 9.40. The maximum Gasteiger partial charge on any atom is 0.296 e. The van der Waals surface area contributed by atoms with Crippen molar-refractivity contribution in [1.29, 1.82) is 0 Å². The first kappa shape index (κ1) is 24.3. The van der Waals surface area contributed by atoms with E-state index in [9.17, 15) is 25.9 Å². The summed E-state index contributed by atoms with van der Waals surface area (Å²) >= 11 is 0. The number of nitrogens with zero attached hydrogens (tertiary/aromatic N) is 3. The molecule has 15 heteroatoms. The van der Waals surface area contributed by atoms with Gasteiger partial charge >= 0.3 is 0 Å². The highest BCUT2D eigenvalue weighted by Crippen LogP contribution is 2.27. The smallest absolute Gasteiger partial charge is 0.296 e. The molecule has 0 saturated carbocycles. The number of hydrogen-bond acceptors (Lipinski definition) is 11. The zero-order valence-corrected chi connectivity index (χ0v) is 18.6. The highest BCUT2D eigenvalue weighted by atomic mass is 32.2. The molecule has 1 heterocycles. The van der Waals surface area contributed by atoms with Crippen LogP contribution in [0.1, 0.15) is 5.56 Å². The lowest BCUT2D eigenvalue weighted by Gasteiger charge is -2.13. The van der Waals surface area contributed by atoms with Gasteiger partial charge in [0, 0.05) is 19.6 Å². The Morgan fingerprint density at radius 3 is 2.06 bits per heavy atom. The minimum Gasteiger partial charge on any atom is -0.353 e. The van der Waals surface area contributed by atoms with Gasteiger partial charge in [0.05, 0.1) is 10.6 Å². The molecule has 0 aliphatic rings. The van der Waals surface area contributed by atoms with Gasteiger partial charge in [-0.25, -0.2) is 0 Å². The molecule has 0 fully saturated rings. The van der Waals surface area contributed by atoms with Crippen molar-refractivity contribution in [3.8, 4) is 0 Å². The third-order valence-electron chi connectivity index (χ3n) is 4.13. The molecule has 7 N–H and O–H groups in total. The number of benzene rings is 2. The second-order valence-electron chi connectivity index (χ2n) is 6.59. The van der Waals surface area contributed by atoms with Gasteiger partial charge in [0.1, 0.15) is 4.90 Å². The predicted molar refractivity (Wildman–Crippen MR) is 120 cm³/mol. The van der Waals surface area contributed by atoms with E-state index in [0.29, 0.717) is 25.7 Å². The Morgan fingerprint density at radius 2 is 1.45 bits per heavy atom. The highest BCUT2D eigenvalue weighted by molar-refractivity contribution is 7.86. The van der Waals surface area contributed by atoms with E-state index in [1.54, 1.807) is 0 Å². The van der Waals surface area contributed by atoms with Crippen molar-refractivity contribution in [2.24, 2.45) is 5.73 Å². The summed E-state index contributed by atoms with van der Waals surface area (Å²) in [5, 5.41) is 8.53. The molecular weight excluding hydrogens is 474 g/mol. The van der Waals surface area contributed by atoms with Gasteiger partial charge in [-0.1, -0.05) is 30.3 Å². The zero-order chi connectivity index (χ0) is 24.1. The van der Waals surface area contributed by atoms with Crippen LogP contribution in [-0.2, 0) is 26.8 Å². The van der Waals surface area contributed by atoms with Crippen LogP contribution in [0.4, 0.5) is 23.5 Å². The van der Waals surface area contributed by atoms with E-state index >= 15 is 0 Å². The minimum absolute atomic E-state index is 0.107. The van der Waals surface area contributed by atoms with E-state index < -0.39 is 30.0 Å². The second kappa shape index (κ2) is 10.1. The number of nitrogens with two attached hydrogens (primary N) is 1. The van der Waals surface area contributed by atoms with E-state index in [-0.39, 0.29) is 23.5 Å². The maximum atomic E-state index is 11.8. The van der Waals surface area contributed by atoms with Gasteiger partial charge in [-0.05, 0) is 23.8 Å². The van der Waals surface area contributed by atoms with Crippen LogP contribution in [-0.4, -0.2) is 54.0 Å². The number of hydrogen-bond donors (Lipinski definition) is 6. The molecule has 1 aromatic heterocycles. The number of rotatable bonds is 10. The van der Waals surface area contributed by atoms with Crippen molar-refractivity contribution >= 4 is 43.8 Å². The van der Waals surface area contributed by atoms with Crippen molar-refractivity contribution in [3.05, 3.63) is 54.1 Å². The molecule has 33 heavy (non-hydrogen) atoms. The fourth-order valence-corrected chi connectivity index (χ4v) is 3.91. The largest absolute Gasteiger partial charge is 0.353 e. The van der Waals surface area contributed by atoms with Crippen LogP contribution in [0.3, 0.4) is 0 Å². The van der Waals surface area contributed by atoms with Gasteiger partial charge in [-0.3, -0.25) is 9.11 Å². The van der Waals surface area contributed by atoms with Gasteiger partial charge in [0.15, 0.2) is 0 Å². The molecule has 0 atom stereocenters. The van der Waals surface area contributed by atoms with Gasteiger partial charge in [0.2, 0.25) is 17.8 Å². The molecule has 3 rings (SSSR count). The fourth-order valence-electron chi connectivity index (χ4n) is 2.65. The van der Waals surface area contributed by atoms with Gasteiger partial charge in [-0.15, -0.1) is 0 Å². The molecular formula is C18H21N7O6S2. The summed E-state index contributed by atoms with van der Waals surface area (Å²) in [4.78, 5) is 11.0. The van der Waals surface area contributed by atoms with Crippen molar-refractivity contribution in [1.82, 2.24) is 15.0 Å². The average Bonchev–Trinajstić information content (AvgIpc) is 2.75. The van der Waals surface area contributed by atoms with E-state index in [2.05, 4.69) is 30.9 Å². The monoisotopic (exact) mass is 495 g/mol. The Kier molecular flexibility index (Phi) is 7.39. The van der Waals surface area contributed by atoms with Crippen LogP contribution in [0.15, 0.2) is 58.3 Å². The molecule has 0 bridgehead atoms. The minimum atomic E-state index is -4.87. The predicted octanol–water partition coefficient (Wildman–Crippen LogP) is 1.09. The molecule has 2 aromatic carbocycles. The first-order chi connectivity index (χ1) is 15.6. The summed E-state index contributed by atoms with van der Waals surface area (Å²) in [6.45, 7) is 1.03. The van der Waals surface area contributed by atoms with Crippen LogP contribution in [0.25, 0.3) is 0 Å². The van der Waals surface area contributed by atoms with Crippen molar-refractivity contribution < 1.29 is 25.9 Å². The molecule has 0 aliphatic heterocycles. The molecule has 176 valence electrons. The normalized spacial score (nSPS) is 11.7. The third kappa shape index (κ3) is 6.80. The lowest BCUT2D eigenvalue weighted by Crippen LogP contribution is -2.17. The van der Waals surface area contributed by atoms with Gasteiger partial charge in [-0.2, -0.15) is 31.8 Å². The number of nitrogens with one attached hydrogen (secondary N) is 3. The number of anilines is 4. The molecule has 0 saturated heterocycles. The standard InChI is InChI=1S/C18H21N7O6S2/c19-8-9-20-16-23-17(21-11-12-4-2-1-3-5-12)25-18(24-16)22-14-7-6-13(32(26,27)28)10-15(14)33(29,30)31/h1-7,10H,8-9,11,19H2,(H,26,27,28)(H,29,30,31)(H3,20,21,22,23,24,25).